The van der Waals surface area contributed by atoms with Crippen molar-refractivity contribution in [2.75, 3.05) is 5.32 Å². The van der Waals surface area contributed by atoms with Crippen molar-refractivity contribution in [1.29, 1.82) is 0 Å². The zero-order chi connectivity index (χ0) is 20.6. The van der Waals surface area contributed by atoms with Gasteiger partial charge in [-0.05, 0) is 42.0 Å². The van der Waals surface area contributed by atoms with Gasteiger partial charge in [0.25, 0.3) is 0 Å². The molecule has 9 heteroatoms. The average Bonchev–Trinajstić information content (AvgIpc) is 3.24. The monoisotopic (exact) mass is 416 g/mol. The average molecular weight is 416 g/mol. The summed E-state index contributed by atoms with van der Waals surface area (Å²) in [6, 6.07) is 19.5. The summed E-state index contributed by atoms with van der Waals surface area (Å²) in [5.41, 5.74) is 1.91. The van der Waals surface area contributed by atoms with Crippen LogP contribution >= 0.6 is 0 Å². The molecule has 5 rings (SSSR count). The Bertz CT molecular complexity index is 1450. The Balaban J connectivity index is 1.68. The van der Waals surface area contributed by atoms with Crippen LogP contribution in [0.1, 0.15) is 5.56 Å². The van der Waals surface area contributed by atoms with Crippen LogP contribution in [0, 0.1) is 0 Å². The first kappa shape index (κ1) is 18.2. The molecule has 0 aliphatic rings. The third-order valence-corrected chi connectivity index (χ3v) is 6.41. The fraction of sp³-hybridized carbons (Fsp3) is 0.0476. The number of anilines is 1. The third-order valence-electron chi connectivity index (χ3n) is 4.74. The maximum atomic E-state index is 13.2. The zero-order valence-corrected chi connectivity index (χ0v) is 16.5. The fourth-order valence-corrected chi connectivity index (χ4v) is 4.51. The molecule has 8 nitrogen and oxygen atoms in total. The van der Waals surface area contributed by atoms with Gasteiger partial charge < -0.3 is 5.32 Å². The summed E-state index contributed by atoms with van der Waals surface area (Å²) in [5.74, 6) is 0.557. The Morgan fingerprint density at radius 1 is 0.900 bits per heavy atom. The summed E-state index contributed by atoms with van der Waals surface area (Å²) >= 11 is 0. The topological polar surface area (TPSA) is 102 Å². The van der Waals surface area contributed by atoms with E-state index in [4.69, 9.17) is 0 Å². The lowest BCUT2D eigenvalue weighted by Gasteiger charge is -2.10. The molecule has 0 fully saturated rings. The number of fused-ring (bicyclic) bond motifs is 3. The van der Waals surface area contributed by atoms with Crippen molar-refractivity contribution < 1.29 is 8.42 Å². The standard InChI is InChI=1S/C21H16N6O2S/c28-30(29,16-6-2-1-3-7-16)21-20-24-19(23-14-15-10-12-22-13-11-15)17-8-4-5-9-18(17)27(20)26-25-21/h1-13H,14H2,(H,23,24). The van der Waals surface area contributed by atoms with E-state index in [0.717, 1.165) is 10.9 Å². The van der Waals surface area contributed by atoms with E-state index in [0.29, 0.717) is 17.9 Å². The fourth-order valence-electron chi connectivity index (χ4n) is 3.25. The third kappa shape index (κ3) is 3.05. The van der Waals surface area contributed by atoms with E-state index >= 15 is 0 Å². The van der Waals surface area contributed by atoms with Gasteiger partial charge in [0.2, 0.25) is 14.9 Å². The van der Waals surface area contributed by atoms with Crippen molar-refractivity contribution in [3.8, 4) is 0 Å². The van der Waals surface area contributed by atoms with Crippen LogP contribution in [0.4, 0.5) is 5.82 Å². The molecule has 0 saturated heterocycles. The van der Waals surface area contributed by atoms with Gasteiger partial charge in [-0.2, -0.15) is 4.52 Å². The molecular formula is C21H16N6O2S. The van der Waals surface area contributed by atoms with Gasteiger partial charge in [-0.15, -0.1) is 5.10 Å². The SMILES string of the molecule is O=S(=O)(c1ccccc1)c1nnn2c1nc(NCc1ccncc1)c1ccccc12. The lowest BCUT2D eigenvalue weighted by Crippen LogP contribution is -2.07. The number of sulfone groups is 1. The molecule has 0 saturated carbocycles. The van der Waals surface area contributed by atoms with E-state index in [-0.39, 0.29) is 15.6 Å². The Morgan fingerprint density at radius 2 is 1.63 bits per heavy atom. The number of hydrogen-bond acceptors (Lipinski definition) is 7. The molecule has 1 N–H and O–H groups in total. The van der Waals surface area contributed by atoms with Crippen LogP contribution in [0.15, 0.2) is 89.0 Å². The molecule has 3 aromatic heterocycles. The van der Waals surface area contributed by atoms with Gasteiger partial charge in [0.15, 0.2) is 5.65 Å². The molecule has 0 radical (unpaired) electrons. The van der Waals surface area contributed by atoms with E-state index in [1.165, 1.54) is 16.6 Å². The summed E-state index contributed by atoms with van der Waals surface area (Å²) in [5, 5.41) is 12.0. The van der Waals surface area contributed by atoms with Gasteiger partial charge in [-0.1, -0.05) is 35.5 Å². The Hall–Kier alpha value is -3.85. The molecule has 0 spiro atoms. The molecule has 0 bridgehead atoms. The number of pyridine rings is 1. The number of aromatic nitrogens is 5. The predicted octanol–water partition coefficient (Wildman–Crippen LogP) is 3.12. The van der Waals surface area contributed by atoms with Crippen molar-refractivity contribution in [3.63, 3.8) is 0 Å². The second kappa shape index (κ2) is 7.20. The number of nitrogens with zero attached hydrogens (tertiary/aromatic N) is 5. The molecule has 0 aliphatic carbocycles. The summed E-state index contributed by atoms with van der Waals surface area (Å²) in [6.07, 6.45) is 3.44. The van der Waals surface area contributed by atoms with E-state index in [1.54, 1.807) is 30.6 Å². The zero-order valence-electron chi connectivity index (χ0n) is 15.7. The van der Waals surface area contributed by atoms with Crippen molar-refractivity contribution in [2.45, 2.75) is 16.5 Å². The van der Waals surface area contributed by atoms with E-state index in [9.17, 15) is 8.42 Å². The normalized spacial score (nSPS) is 11.7. The highest BCUT2D eigenvalue weighted by Gasteiger charge is 2.26. The highest BCUT2D eigenvalue weighted by Crippen LogP contribution is 2.28. The van der Waals surface area contributed by atoms with Crippen molar-refractivity contribution in [1.82, 2.24) is 24.8 Å². The second-order valence-electron chi connectivity index (χ2n) is 6.63. The number of hydrogen-bond donors (Lipinski definition) is 1. The van der Waals surface area contributed by atoms with E-state index < -0.39 is 9.84 Å². The van der Waals surface area contributed by atoms with Crippen LogP contribution in [-0.2, 0) is 16.4 Å². The summed E-state index contributed by atoms with van der Waals surface area (Å²) in [7, 11) is -3.87. The Morgan fingerprint density at radius 3 is 2.43 bits per heavy atom. The minimum absolute atomic E-state index is 0.147. The number of para-hydroxylation sites is 1. The van der Waals surface area contributed by atoms with Gasteiger partial charge in [0.1, 0.15) is 5.82 Å². The van der Waals surface area contributed by atoms with Crippen LogP contribution in [0.2, 0.25) is 0 Å². The predicted molar refractivity (Wildman–Crippen MR) is 112 cm³/mol. The molecule has 0 atom stereocenters. The van der Waals surface area contributed by atoms with Gasteiger partial charge >= 0.3 is 0 Å². The smallest absolute Gasteiger partial charge is 0.229 e. The van der Waals surface area contributed by atoms with Crippen LogP contribution in [-0.4, -0.2) is 33.2 Å². The van der Waals surface area contributed by atoms with Crippen molar-refractivity contribution in [2.24, 2.45) is 0 Å². The summed E-state index contributed by atoms with van der Waals surface area (Å²) in [4.78, 5) is 8.77. The Labute approximate surface area is 172 Å². The van der Waals surface area contributed by atoms with Crippen molar-refractivity contribution in [3.05, 3.63) is 84.7 Å². The van der Waals surface area contributed by atoms with Gasteiger partial charge in [-0.3, -0.25) is 4.98 Å². The molecule has 0 aliphatic heterocycles. The first-order valence-corrected chi connectivity index (χ1v) is 10.7. The number of benzene rings is 2. The van der Waals surface area contributed by atoms with Gasteiger partial charge in [-0.25, -0.2) is 13.4 Å². The summed E-state index contributed by atoms with van der Waals surface area (Å²) < 4.78 is 27.8. The van der Waals surface area contributed by atoms with Gasteiger partial charge in [0.05, 0.1) is 10.4 Å². The van der Waals surface area contributed by atoms with Gasteiger partial charge in [0, 0.05) is 24.3 Å². The van der Waals surface area contributed by atoms with Crippen LogP contribution in [0.3, 0.4) is 0 Å². The van der Waals surface area contributed by atoms with Crippen molar-refractivity contribution >= 4 is 32.2 Å². The Kier molecular flexibility index (Phi) is 4.36. The lowest BCUT2D eigenvalue weighted by molar-refractivity contribution is 0.592. The molecule has 148 valence electrons. The number of nitrogens with one attached hydrogen (secondary N) is 1. The largest absolute Gasteiger partial charge is 0.365 e. The maximum absolute atomic E-state index is 13.2. The molecular weight excluding hydrogens is 400 g/mol. The molecule has 3 heterocycles. The first-order chi connectivity index (χ1) is 14.6. The molecule has 2 aromatic carbocycles. The van der Waals surface area contributed by atoms with E-state index in [1.807, 2.05) is 36.4 Å². The highest BCUT2D eigenvalue weighted by molar-refractivity contribution is 7.91. The second-order valence-corrected chi connectivity index (χ2v) is 8.50. The van der Waals surface area contributed by atoms with Crippen LogP contribution in [0.5, 0.6) is 0 Å². The first-order valence-electron chi connectivity index (χ1n) is 9.22. The molecule has 5 aromatic rings. The summed E-state index contributed by atoms with van der Waals surface area (Å²) in [6.45, 7) is 0.512. The highest BCUT2D eigenvalue weighted by atomic mass is 32.2. The minimum Gasteiger partial charge on any atom is -0.365 e. The molecule has 0 unspecified atom stereocenters. The molecule has 30 heavy (non-hydrogen) atoms. The molecule has 0 amide bonds. The van der Waals surface area contributed by atoms with Crippen LogP contribution in [0.25, 0.3) is 16.6 Å². The van der Waals surface area contributed by atoms with E-state index in [2.05, 4.69) is 25.6 Å². The minimum atomic E-state index is -3.87. The lowest BCUT2D eigenvalue weighted by atomic mass is 10.2. The maximum Gasteiger partial charge on any atom is 0.229 e. The quantitative estimate of drug-likeness (QED) is 0.470. The number of rotatable bonds is 5. The van der Waals surface area contributed by atoms with Crippen LogP contribution < -0.4 is 5.32 Å².